The van der Waals surface area contributed by atoms with Crippen molar-refractivity contribution in [1.29, 1.82) is 0 Å². The van der Waals surface area contributed by atoms with E-state index in [1.54, 1.807) is 11.1 Å². The lowest BCUT2D eigenvalue weighted by molar-refractivity contribution is -0.697. The molecular formula is C26H48N+. The molecule has 1 heteroatoms. The Bertz CT molecular complexity index is 452. The molecule has 0 aliphatic carbocycles. The van der Waals surface area contributed by atoms with Gasteiger partial charge in [-0.05, 0) is 24.8 Å². The van der Waals surface area contributed by atoms with Gasteiger partial charge in [0.2, 0.25) is 0 Å². The van der Waals surface area contributed by atoms with Crippen molar-refractivity contribution in [3.63, 3.8) is 0 Å². The molecule has 0 bridgehead atoms. The molecule has 156 valence electrons. The van der Waals surface area contributed by atoms with Crippen LogP contribution < -0.4 is 4.57 Å². The zero-order valence-electron chi connectivity index (χ0n) is 18.9. The van der Waals surface area contributed by atoms with E-state index in [1.165, 1.54) is 116 Å². The van der Waals surface area contributed by atoms with Crippen molar-refractivity contribution in [2.75, 3.05) is 0 Å². The Hall–Kier alpha value is -0.850. The topological polar surface area (TPSA) is 3.88 Å². The maximum absolute atomic E-state index is 2.43. The number of aryl methyl sites for hydroxylation is 3. The minimum atomic E-state index is 1.20. The molecule has 0 unspecified atom stereocenters. The first-order valence-corrected chi connectivity index (χ1v) is 12.3. The number of unbranched alkanes of at least 4 members (excludes halogenated alkanes) is 12. The van der Waals surface area contributed by atoms with E-state index in [0.717, 1.165) is 0 Å². The number of aromatic nitrogens is 1. The third-order valence-electron chi connectivity index (χ3n) is 5.76. The first-order valence-electron chi connectivity index (χ1n) is 12.3. The number of pyridine rings is 1. The van der Waals surface area contributed by atoms with Crippen LogP contribution in [0.4, 0.5) is 0 Å². The van der Waals surface area contributed by atoms with E-state index in [2.05, 4.69) is 43.8 Å². The van der Waals surface area contributed by atoms with Crippen molar-refractivity contribution in [2.24, 2.45) is 0 Å². The van der Waals surface area contributed by atoms with E-state index in [0.29, 0.717) is 0 Å². The van der Waals surface area contributed by atoms with E-state index < -0.39 is 0 Å². The molecule has 0 spiro atoms. The first kappa shape index (κ1) is 24.2. The van der Waals surface area contributed by atoms with Crippen LogP contribution in [0.5, 0.6) is 0 Å². The van der Waals surface area contributed by atoms with Crippen LogP contribution >= 0.6 is 0 Å². The second-order valence-electron chi connectivity index (χ2n) is 8.48. The first-order chi connectivity index (χ1) is 13.3. The zero-order chi connectivity index (χ0) is 19.6. The van der Waals surface area contributed by atoms with Gasteiger partial charge >= 0.3 is 0 Å². The number of hydrogen-bond donors (Lipinski definition) is 0. The van der Waals surface area contributed by atoms with E-state index in [4.69, 9.17) is 0 Å². The number of rotatable bonds is 18. The van der Waals surface area contributed by atoms with Crippen molar-refractivity contribution in [1.82, 2.24) is 0 Å². The maximum Gasteiger partial charge on any atom is 0.172 e. The van der Waals surface area contributed by atoms with Crippen LogP contribution in [-0.4, -0.2) is 0 Å². The summed E-state index contributed by atoms with van der Waals surface area (Å²) in [6, 6.07) is 2.37. The third-order valence-corrected chi connectivity index (χ3v) is 5.76. The molecule has 0 radical (unpaired) electrons. The molecule has 0 aromatic carbocycles. The van der Waals surface area contributed by atoms with Gasteiger partial charge < -0.3 is 0 Å². The normalized spacial score (nSPS) is 11.2. The summed E-state index contributed by atoms with van der Waals surface area (Å²) >= 11 is 0. The summed E-state index contributed by atoms with van der Waals surface area (Å²) in [4.78, 5) is 0. The van der Waals surface area contributed by atoms with Gasteiger partial charge in [0.1, 0.15) is 6.54 Å². The molecule has 0 atom stereocenters. The molecule has 1 rings (SSSR count). The van der Waals surface area contributed by atoms with E-state index in [9.17, 15) is 0 Å². The Morgan fingerprint density at radius 3 is 1.56 bits per heavy atom. The average molecular weight is 375 g/mol. The molecule has 0 saturated carbocycles. The summed E-state index contributed by atoms with van der Waals surface area (Å²) in [6.45, 7) is 8.07. The highest BCUT2D eigenvalue weighted by molar-refractivity contribution is 5.21. The lowest BCUT2D eigenvalue weighted by atomic mass is 10.0. The van der Waals surface area contributed by atoms with Gasteiger partial charge in [-0.3, -0.25) is 0 Å². The third kappa shape index (κ3) is 12.3. The fourth-order valence-electron chi connectivity index (χ4n) is 4.08. The quantitative estimate of drug-likeness (QED) is 0.181. The Balaban J connectivity index is 2.04. The SMILES string of the molecule is CCCCCCCCCCCCCCC[n+]1ccc(CCC)c(CCC)c1. The molecule has 1 aromatic heterocycles. The summed E-state index contributed by atoms with van der Waals surface area (Å²) in [5, 5.41) is 0. The second kappa shape index (κ2) is 17.3. The summed E-state index contributed by atoms with van der Waals surface area (Å²) in [5.74, 6) is 0. The minimum Gasteiger partial charge on any atom is -0.205 e. The molecule has 0 fully saturated rings. The molecule has 1 heterocycles. The maximum atomic E-state index is 2.43. The van der Waals surface area contributed by atoms with Crippen LogP contribution in [0.1, 0.15) is 128 Å². The summed E-state index contributed by atoms with van der Waals surface area (Å²) < 4.78 is 2.43. The standard InChI is InChI=1S/C26H48N/c1-4-7-8-9-10-11-12-13-14-15-16-17-18-22-27-23-21-25(19-5-2)26(24-27)20-6-3/h21,23-24H,4-20,22H2,1-3H3/q+1. The average Bonchev–Trinajstić information content (AvgIpc) is 2.67. The van der Waals surface area contributed by atoms with Crippen molar-refractivity contribution < 1.29 is 4.57 Å². The summed E-state index contributed by atoms with van der Waals surface area (Å²) in [6.07, 6.45) is 28.3. The van der Waals surface area contributed by atoms with Crippen molar-refractivity contribution >= 4 is 0 Å². The number of hydrogen-bond acceptors (Lipinski definition) is 0. The van der Waals surface area contributed by atoms with Gasteiger partial charge in [0.05, 0.1) is 0 Å². The Labute approximate surface area is 171 Å². The van der Waals surface area contributed by atoms with Gasteiger partial charge in [-0.25, -0.2) is 4.57 Å². The highest BCUT2D eigenvalue weighted by atomic mass is 14.9. The van der Waals surface area contributed by atoms with Gasteiger partial charge in [0, 0.05) is 18.1 Å². The van der Waals surface area contributed by atoms with Crippen molar-refractivity contribution in [3.8, 4) is 0 Å². The lowest BCUT2D eigenvalue weighted by Crippen LogP contribution is -2.33. The van der Waals surface area contributed by atoms with E-state index >= 15 is 0 Å². The highest BCUT2D eigenvalue weighted by Crippen LogP contribution is 2.13. The minimum absolute atomic E-state index is 1.20. The van der Waals surface area contributed by atoms with Gasteiger partial charge in [0.25, 0.3) is 0 Å². The summed E-state index contributed by atoms with van der Waals surface area (Å²) in [5.41, 5.74) is 3.15. The Morgan fingerprint density at radius 1 is 0.556 bits per heavy atom. The fraction of sp³-hybridized carbons (Fsp3) is 0.808. The highest BCUT2D eigenvalue weighted by Gasteiger charge is 2.08. The number of nitrogens with zero attached hydrogens (tertiary/aromatic N) is 1. The van der Waals surface area contributed by atoms with E-state index in [1.807, 2.05) is 0 Å². The van der Waals surface area contributed by atoms with Crippen LogP contribution in [0.3, 0.4) is 0 Å². The lowest BCUT2D eigenvalue weighted by Gasteiger charge is -2.07. The molecule has 0 amide bonds. The van der Waals surface area contributed by atoms with Crippen LogP contribution in [0.25, 0.3) is 0 Å². The molecule has 1 aromatic rings. The smallest absolute Gasteiger partial charge is 0.172 e. The summed E-state index contributed by atoms with van der Waals surface area (Å²) in [7, 11) is 0. The molecule has 0 aliphatic heterocycles. The zero-order valence-corrected chi connectivity index (χ0v) is 18.9. The van der Waals surface area contributed by atoms with Crippen LogP contribution in [0.2, 0.25) is 0 Å². The largest absolute Gasteiger partial charge is 0.205 e. The molecule has 0 saturated heterocycles. The predicted octanol–water partition coefficient (Wildman–Crippen LogP) is 7.97. The van der Waals surface area contributed by atoms with Gasteiger partial charge in [-0.2, -0.15) is 0 Å². The van der Waals surface area contributed by atoms with Gasteiger partial charge in [0.15, 0.2) is 12.4 Å². The monoisotopic (exact) mass is 374 g/mol. The van der Waals surface area contributed by atoms with Crippen LogP contribution in [-0.2, 0) is 19.4 Å². The molecule has 0 N–H and O–H groups in total. The Morgan fingerprint density at radius 2 is 1.04 bits per heavy atom. The van der Waals surface area contributed by atoms with E-state index in [-0.39, 0.29) is 0 Å². The molecule has 27 heavy (non-hydrogen) atoms. The molecule has 1 nitrogen and oxygen atoms in total. The fourth-order valence-corrected chi connectivity index (χ4v) is 4.08. The predicted molar refractivity (Wildman–Crippen MR) is 120 cm³/mol. The van der Waals surface area contributed by atoms with Gasteiger partial charge in [-0.15, -0.1) is 0 Å². The van der Waals surface area contributed by atoms with Gasteiger partial charge in [-0.1, -0.05) is 104 Å². The molecular weight excluding hydrogens is 326 g/mol. The van der Waals surface area contributed by atoms with Crippen molar-refractivity contribution in [2.45, 2.75) is 136 Å². The molecule has 0 aliphatic rings. The van der Waals surface area contributed by atoms with Crippen molar-refractivity contribution in [3.05, 3.63) is 29.6 Å². The second-order valence-corrected chi connectivity index (χ2v) is 8.48. The van der Waals surface area contributed by atoms with Crippen LogP contribution in [0, 0.1) is 0 Å². The Kier molecular flexibility index (Phi) is 15.5. The van der Waals surface area contributed by atoms with Crippen LogP contribution in [0.15, 0.2) is 18.5 Å².